The summed E-state index contributed by atoms with van der Waals surface area (Å²) >= 11 is 7.66. The summed E-state index contributed by atoms with van der Waals surface area (Å²) in [4.78, 5) is 33.9. The van der Waals surface area contributed by atoms with E-state index >= 15 is 0 Å². The third kappa shape index (κ3) is 7.27. The summed E-state index contributed by atoms with van der Waals surface area (Å²) in [5.41, 5.74) is 0.220. The van der Waals surface area contributed by atoms with Gasteiger partial charge in [0.2, 0.25) is 0 Å². The van der Waals surface area contributed by atoms with Gasteiger partial charge in [0.1, 0.15) is 41.7 Å². The highest BCUT2D eigenvalue weighted by molar-refractivity contribution is 7.19. The van der Waals surface area contributed by atoms with Gasteiger partial charge in [0.05, 0.1) is 26.9 Å². The van der Waals surface area contributed by atoms with E-state index in [1.54, 1.807) is 57.2 Å². The van der Waals surface area contributed by atoms with E-state index in [9.17, 15) is 32.3 Å². The van der Waals surface area contributed by atoms with Crippen molar-refractivity contribution in [3.05, 3.63) is 76.1 Å². The quantitative estimate of drug-likeness (QED) is 0.146. The summed E-state index contributed by atoms with van der Waals surface area (Å²) < 4.78 is 57.3. The minimum atomic E-state index is -5.11. The molecule has 2 aromatic carbocycles. The van der Waals surface area contributed by atoms with Crippen molar-refractivity contribution < 1.29 is 41.5 Å². The highest BCUT2D eigenvalue weighted by atomic mass is 35.5. The second-order valence-electron chi connectivity index (χ2n) is 11.9. The summed E-state index contributed by atoms with van der Waals surface area (Å²) in [5, 5.41) is 18.6. The number of benzene rings is 2. The van der Waals surface area contributed by atoms with Crippen LogP contribution >= 0.6 is 22.9 Å². The Labute approximate surface area is 276 Å². The molecule has 0 saturated carbocycles. The number of hydrogen-bond acceptors (Lipinski definition) is 8. The van der Waals surface area contributed by atoms with Crippen LogP contribution in [0.25, 0.3) is 10.2 Å². The Hall–Kier alpha value is -4.45. The number of carboxylic acid groups (broad SMARTS) is 1. The lowest BCUT2D eigenvalue weighted by molar-refractivity contribution is -0.923. The van der Waals surface area contributed by atoms with Crippen molar-refractivity contribution in [2.45, 2.75) is 57.6 Å². The number of anilines is 2. The van der Waals surface area contributed by atoms with E-state index in [2.05, 4.69) is 27.1 Å². The number of nitrogens with zero attached hydrogens (tertiary/aromatic N) is 3. The largest absolute Gasteiger partial charge is 0.498 e. The average Bonchev–Trinajstić information content (AvgIpc) is 3.57. The van der Waals surface area contributed by atoms with E-state index in [0.29, 0.717) is 42.9 Å². The first kappa shape index (κ1) is 33.9. The normalized spacial score (nSPS) is 19.6. The Kier molecular flexibility index (Phi) is 9.36. The van der Waals surface area contributed by atoms with Crippen LogP contribution in [-0.4, -0.2) is 56.8 Å². The molecule has 1 saturated heterocycles. The van der Waals surface area contributed by atoms with Gasteiger partial charge in [-0.05, 0) is 74.6 Å². The molecule has 0 aliphatic carbocycles. The van der Waals surface area contributed by atoms with Gasteiger partial charge in [0.15, 0.2) is 6.04 Å². The first-order valence-electron chi connectivity index (χ1n) is 14.2. The zero-order valence-corrected chi connectivity index (χ0v) is 26.8. The molecule has 9 nitrogen and oxygen atoms in total. The van der Waals surface area contributed by atoms with Gasteiger partial charge >= 0.3 is 12.1 Å². The zero-order chi connectivity index (χ0) is 34.1. The number of hydrogen-bond donors (Lipinski definition) is 2. The van der Waals surface area contributed by atoms with Crippen molar-refractivity contribution in [3.8, 4) is 17.6 Å². The van der Waals surface area contributed by atoms with Crippen LogP contribution in [-0.2, 0) is 11.4 Å². The van der Waals surface area contributed by atoms with Gasteiger partial charge in [-0.25, -0.2) is 14.4 Å². The number of likely N-dealkylation sites (tertiary alicyclic amines) is 1. The van der Waals surface area contributed by atoms with E-state index in [1.165, 1.54) is 29.8 Å². The average molecular weight is 690 g/mol. The maximum absolute atomic E-state index is 13.5. The number of fused-ring (bicyclic) bond motifs is 1. The number of carbonyl (C=O) groups is 2. The van der Waals surface area contributed by atoms with E-state index in [-0.39, 0.29) is 25.4 Å². The molecule has 47 heavy (non-hydrogen) atoms. The van der Waals surface area contributed by atoms with Crippen LogP contribution in [0.15, 0.2) is 54.9 Å². The van der Waals surface area contributed by atoms with Crippen LogP contribution < -0.4 is 20.5 Å². The maximum atomic E-state index is 13.5. The molecule has 246 valence electrons. The summed E-state index contributed by atoms with van der Waals surface area (Å²) in [5.74, 6) is 4.25. The van der Waals surface area contributed by atoms with Crippen LogP contribution in [0.2, 0.25) is 5.02 Å². The van der Waals surface area contributed by atoms with Gasteiger partial charge < -0.3 is 25.3 Å². The van der Waals surface area contributed by atoms with E-state index in [1.807, 2.05) is 5.32 Å². The first-order valence-corrected chi connectivity index (χ1v) is 15.4. The molecular formula is C32H28ClF4N5O4S. The first-order chi connectivity index (χ1) is 22.1. The maximum Gasteiger partial charge on any atom is 0.471 e. The number of alkyl halides is 3. The van der Waals surface area contributed by atoms with Gasteiger partial charge in [-0.15, -0.1) is 11.3 Å². The second-order valence-corrected chi connectivity index (χ2v) is 13.4. The SMILES string of the molecule is CC(C)(C)[N+]1(C(=O)[O-])C[C@H](NC(=O)C(F)(F)F)C[C@@H]1C#Cc1cc2c(Nc3ccc(OCc4cccc(F)c4)c(Cl)c3)ncnc2s1. The molecule has 3 heterocycles. The number of nitrogens with one attached hydrogen (secondary N) is 2. The summed E-state index contributed by atoms with van der Waals surface area (Å²) in [7, 11) is 0. The Morgan fingerprint density at radius 1 is 1.15 bits per heavy atom. The molecule has 1 unspecified atom stereocenters. The molecular weight excluding hydrogens is 662 g/mol. The third-order valence-corrected chi connectivity index (χ3v) is 9.09. The number of carbonyl (C=O) groups excluding carboxylic acids is 2. The fourth-order valence-electron chi connectivity index (χ4n) is 5.55. The van der Waals surface area contributed by atoms with Crippen LogP contribution in [0.5, 0.6) is 5.75 Å². The zero-order valence-electron chi connectivity index (χ0n) is 25.2. The molecule has 2 aromatic heterocycles. The molecule has 5 rings (SSSR count). The number of aromatic nitrogens is 2. The molecule has 1 fully saturated rings. The Balaban J connectivity index is 1.37. The van der Waals surface area contributed by atoms with Crippen molar-refractivity contribution in [1.82, 2.24) is 15.3 Å². The minimum absolute atomic E-state index is 0.123. The van der Waals surface area contributed by atoms with Crippen molar-refractivity contribution in [2.24, 2.45) is 0 Å². The third-order valence-electron chi connectivity index (χ3n) is 7.83. The molecule has 1 aliphatic rings. The number of quaternary nitrogens is 1. The van der Waals surface area contributed by atoms with Gasteiger partial charge in [0, 0.05) is 12.1 Å². The fraction of sp³-hybridized carbons (Fsp3) is 0.312. The number of rotatable bonds is 6. The number of halogens is 5. The van der Waals surface area contributed by atoms with Crippen LogP contribution in [0, 0.1) is 17.7 Å². The van der Waals surface area contributed by atoms with Gasteiger partial charge in [0.25, 0.3) is 6.09 Å². The summed E-state index contributed by atoms with van der Waals surface area (Å²) in [6, 6.07) is 10.7. The summed E-state index contributed by atoms with van der Waals surface area (Å²) in [6.45, 7) is 4.70. The highest BCUT2D eigenvalue weighted by Crippen LogP contribution is 2.38. The van der Waals surface area contributed by atoms with Crippen LogP contribution in [0.4, 0.5) is 33.9 Å². The standard InChI is InChI=1S/C32H28ClF4N5O4S/c1-31(2,3)42(30(44)45)15-21(41-29(43)32(35,36)37)12-22(42)8-9-23-14-24-27(38-17-39-28(24)47-23)40-20-7-10-26(25(33)13-20)46-16-18-5-4-6-19(34)11-18/h4-7,10-11,13-14,17,21-22H,12,15-16H2,1-3H3,(H2-,38,39,40,41,43,44,45)/t21-,22+,42?/m1/s1. The second kappa shape index (κ2) is 13.0. The molecule has 2 amide bonds. The minimum Gasteiger partial charge on any atom is -0.498 e. The van der Waals surface area contributed by atoms with Crippen molar-refractivity contribution in [2.75, 3.05) is 11.9 Å². The molecule has 2 N–H and O–H groups in total. The Morgan fingerprint density at radius 2 is 1.91 bits per heavy atom. The number of thiophene rings is 1. The van der Waals surface area contributed by atoms with Crippen LogP contribution in [0.3, 0.4) is 0 Å². The highest BCUT2D eigenvalue weighted by Gasteiger charge is 2.56. The molecule has 3 atom stereocenters. The van der Waals surface area contributed by atoms with Crippen LogP contribution in [0.1, 0.15) is 37.6 Å². The van der Waals surface area contributed by atoms with Crippen molar-refractivity contribution in [1.29, 1.82) is 0 Å². The van der Waals surface area contributed by atoms with E-state index in [0.717, 1.165) is 0 Å². The lowest BCUT2D eigenvalue weighted by Gasteiger charge is -2.47. The van der Waals surface area contributed by atoms with E-state index in [4.69, 9.17) is 16.3 Å². The number of amides is 2. The topological polar surface area (TPSA) is 116 Å². The van der Waals surface area contributed by atoms with Crippen molar-refractivity contribution in [3.63, 3.8) is 0 Å². The molecule has 1 aliphatic heterocycles. The predicted octanol–water partition coefficient (Wildman–Crippen LogP) is 5.94. The molecule has 0 spiro atoms. The monoisotopic (exact) mass is 689 g/mol. The molecule has 0 radical (unpaired) electrons. The molecule has 15 heteroatoms. The Bertz CT molecular complexity index is 1900. The number of ether oxygens (including phenoxy) is 1. The summed E-state index contributed by atoms with van der Waals surface area (Å²) in [6.07, 6.45) is -5.38. The molecule has 0 bridgehead atoms. The molecule has 4 aromatic rings. The smallest absolute Gasteiger partial charge is 0.471 e. The lowest BCUT2D eigenvalue weighted by Crippen LogP contribution is -2.70. The fourth-order valence-corrected chi connectivity index (χ4v) is 6.64. The van der Waals surface area contributed by atoms with Gasteiger partial charge in [-0.1, -0.05) is 23.7 Å². The van der Waals surface area contributed by atoms with Gasteiger partial charge in [-0.2, -0.15) is 13.2 Å². The van der Waals surface area contributed by atoms with Crippen molar-refractivity contribution >= 4 is 56.7 Å². The predicted molar refractivity (Wildman–Crippen MR) is 166 cm³/mol. The Morgan fingerprint density at radius 3 is 2.57 bits per heavy atom. The van der Waals surface area contributed by atoms with E-state index < -0.39 is 40.3 Å². The lowest BCUT2D eigenvalue weighted by atomic mass is 10.00. The van der Waals surface area contributed by atoms with Gasteiger partial charge in [-0.3, -0.25) is 9.28 Å².